The molecule has 0 fully saturated rings. The minimum Gasteiger partial charge on any atom is -0.302 e. The Morgan fingerprint density at radius 2 is 2.17 bits per heavy atom. The van der Waals surface area contributed by atoms with Gasteiger partial charge in [0.05, 0.1) is 6.07 Å². The van der Waals surface area contributed by atoms with Crippen LogP contribution in [0.2, 0.25) is 0 Å². The summed E-state index contributed by atoms with van der Waals surface area (Å²) in [6, 6.07) is 9.12. The van der Waals surface area contributed by atoms with Crippen LogP contribution in [0.5, 0.6) is 0 Å². The van der Waals surface area contributed by atoms with Crippen LogP contribution >= 0.6 is 15.9 Å². The van der Waals surface area contributed by atoms with Gasteiger partial charge in [-0.15, -0.1) is 0 Å². The first kappa shape index (κ1) is 8.95. The van der Waals surface area contributed by atoms with E-state index in [0.717, 1.165) is 10.0 Å². The standard InChI is InChI=1S/C9H6BrNO/c10-9-4-2-1-3-8(9)7(5-11)6-12/h1-4,6-7H. The van der Waals surface area contributed by atoms with Crippen molar-refractivity contribution in [3.8, 4) is 6.07 Å². The Morgan fingerprint density at radius 3 is 2.67 bits per heavy atom. The van der Waals surface area contributed by atoms with E-state index in [4.69, 9.17) is 5.26 Å². The van der Waals surface area contributed by atoms with Crippen molar-refractivity contribution in [2.75, 3.05) is 0 Å². The number of aldehydes is 1. The van der Waals surface area contributed by atoms with Gasteiger partial charge in [-0.05, 0) is 11.6 Å². The van der Waals surface area contributed by atoms with Crippen LogP contribution < -0.4 is 0 Å². The molecule has 0 N–H and O–H groups in total. The van der Waals surface area contributed by atoms with Crippen LogP contribution in [0.1, 0.15) is 11.5 Å². The fourth-order valence-corrected chi connectivity index (χ4v) is 1.43. The third-order valence-electron chi connectivity index (χ3n) is 1.52. The second-order valence-electron chi connectivity index (χ2n) is 2.26. The van der Waals surface area contributed by atoms with E-state index in [0.29, 0.717) is 6.29 Å². The van der Waals surface area contributed by atoms with E-state index in [1.807, 2.05) is 18.2 Å². The van der Waals surface area contributed by atoms with Gasteiger partial charge in [0.1, 0.15) is 12.2 Å². The first-order valence-electron chi connectivity index (χ1n) is 3.39. The van der Waals surface area contributed by atoms with Gasteiger partial charge in [-0.3, -0.25) is 0 Å². The van der Waals surface area contributed by atoms with Crippen LogP contribution in [0.15, 0.2) is 28.7 Å². The maximum absolute atomic E-state index is 10.4. The molecule has 0 saturated heterocycles. The molecule has 0 amide bonds. The highest BCUT2D eigenvalue weighted by molar-refractivity contribution is 9.10. The Hall–Kier alpha value is -1.14. The average molecular weight is 224 g/mol. The van der Waals surface area contributed by atoms with E-state index < -0.39 is 5.92 Å². The van der Waals surface area contributed by atoms with E-state index in [1.165, 1.54) is 0 Å². The summed E-state index contributed by atoms with van der Waals surface area (Å²) >= 11 is 3.27. The third-order valence-corrected chi connectivity index (χ3v) is 2.24. The summed E-state index contributed by atoms with van der Waals surface area (Å²) in [5.41, 5.74) is 0.718. The average Bonchev–Trinajstić information content (AvgIpc) is 2.10. The molecule has 2 nitrogen and oxygen atoms in total. The van der Waals surface area contributed by atoms with E-state index in [2.05, 4.69) is 15.9 Å². The molecule has 60 valence electrons. The van der Waals surface area contributed by atoms with Crippen LogP contribution in [0.4, 0.5) is 0 Å². The summed E-state index contributed by atoms with van der Waals surface area (Å²) in [5.74, 6) is -0.666. The number of hydrogen-bond donors (Lipinski definition) is 0. The number of rotatable bonds is 2. The number of benzene rings is 1. The van der Waals surface area contributed by atoms with Crippen molar-refractivity contribution >= 4 is 22.2 Å². The fraction of sp³-hybridized carbons (Fsp3) is 0.111. The molecule has 1 rings (SSSR count). The van der Waals surface area contributed by atoms with Crippen molar-refractivity contribution in [2.24, 2.45) is 0 Å². The summed E-state index contributed by atoms with van der Waals surface area (Å²) in [7, 11) is 0. The Kier molecular flexibility index (Phi) is 3.01. The highest BCUT2D eigenvalue weighted by atomic mass is 79.9. The molecule has 0 spiro atoms. The predicted octanol–water partition coefficient (Wildman–Crippen LogP) is 2.26. The molecule has 1 atom stereocenters. The van der Waals surface area contributed by atoms with Crippen molar-refractivity contribution in [2.45, 2.75) is 5.92 Å². The molecule has 0 aliphatic rings. The molecular formula is C9H6BrNO. The smallest absolute Gasteiger partial charge is 0.141 e. The molecule has 0 aromatic heterocycles. The molecule has 1 unspecified atom stereocenters. The second-order valence-corrected chi connectivity index (χ2v) is 3.12. The Bertz CT molecular complexity index is 330. The van der Waals surface area contributed by atoms with Gasteiger partial charge < -0.3 is 4.79 Å². The van der Waals surface area contributed by atoms with Gasteiger partial charge in [-0.25, -0.2) is 0 Å². The molecule has 0 saturated carbocycles. The van der Waals surface area contributed by atoms with Crippen molar-refractivity contribution in [3.05, 3.63) is 34.3 Å². The monoisotopic (exact) mass is 223 g/mol. The fourth-order valence-electron chi connectivity index (χ4n) is 0.901. The lowest BCUT2D eigenvalue weighted by Gasteiger charge is -2.02. The van der Waals surface area contributed by atoms with Crippen molar-refractivity contribution in [1.82, 2.24) is 0 Å². The van der Waals surface area contributed by atoms with Crippen LogP contribution in [0.25, 0.3) is 0 Å². The molecule has 1 aromatic carbocycles. The molecule has 0 aliphatic heterocycles. The van der Waals surface area contributed by atoms with Gasteiger partial charge in [0, 0.05) is 4.47 Å². The first-order valence-corrected chi connectivity index (χ1v) is 4.18. The third kappa shape index (κ3) is 1.72. The van der Waals surface area contributed by atoms with Crippen LogP contribution in [-0.4, -0.2) is 6.29 Å². The van der Waals surface area contributed by atoms with Crippen molar-refractivity contribution < 1.29 is 4.79 Å². The zero-order valence-corrected chi connectivity index (χ0v) is 7.78. The van der Waals surface area contributed by atoms with Crippen LogP contribution in [0, 0.1) is 11.3 Å². The normalized spacial score (nSPS) is 11.7. The minimum absolute atomic E-state index is 0.639. The quantitative estimate of drug-likeness (QED) is 0.723. The largest absolute Gasteiger partial charge is 0.302 e. The van der Waals surface area contributed by atoms with Gasteiger partial charge >= 0.3 is 0 Å². The van der Waals surface area contributed by atoms with E-state index in [-0.39, 0.29) is 0 Å². The lowest BCUT2D eigenvalue weighted by Crippen LogP contribution is -1.97. The van der Waals surface area contributed by atoms with Crippen molar-refractivity contribution in [3.63, 3.8) is 0 Å². The maximum atomic E-state index is 10.4. The Morgan fingerprint density at radius 1 is 1.50 bits per heavy atom. The number of nitrogens with zero attached hydrogens (tertiary/aromatic N) is 1. The first-order chi connectivity index (χ1) is 5.79. The van der Waals surface area contributed by atoms with E-state index in [9.17, 15) is 4.79 Å². The minimum atomic E-state index is -0.666. The lowest BCUT2D eigenvalue weighted by atomic mass is 10.0. The number of carbonyl (C=O) groups is 1. The highest BCUT2D eigenvalue weighted by Crippen LogP contribution is 2.22. The lowest BCUT2D eigenvalue weighted by molar-refractivity contribution is -0.108. The molecule has 0 bridgehead atoms. The summed E-state index contributed by atoms with van der Waals surface area (Å²) in [6.07, 6.45) is 0.639. The molecule has 0 radical (unpaired) electrons. The molecule has 3 heteroatoms. The maximum Gasteiger partial charge on any atom is 0.141 e. The molecular weight excluding hydrogens is 218 g/mol. The highest BCUT2D eigenvalue weighted by Gasteiger charge is 2.10. The molecule has 0 heterocycles. The Balaban J connectivity index is 3.10. The van der Waals surface area contributed by atoms with Crippen molar-refractivity contribution in [1.29, 1.82) is 5.26 Å². The summed E-state index contributed by atoms with van der Waals surface area (Å²) in [5, 5.41) is 8.60. The SMILES string of the molecule is N#CC(C=O)c1ccccc1Br. The molecule has 1 aromatic rings. The van der Waals surface area contributed by atoms with E-state index >= 15 is 0 Å². The van der Waals surface area contributed by atoms with Gasteiger partial charge in [0.15, 0.2) is 0 Å². The summed E-state index contributed by atoms with van der Waals surface area (Å²) in [6.45, 7) is 0. The summed E-state index contributed by atoms with van der Waals surface area (Å²) in [4.78, 5) is 10.4. The topological polar surface area (TPSA) is 40.9 Å². The Labute approximate surface area is 78.9 Å². The summed E-state index contributed by atoms with van der Waals surface area (Å²) < 4.78 is 0.795. The van der Waals surface area contributed by atoms with E-state index in [1.54, 1.807) is 12.1 Å². The number of nitriles is 1. The van der Waals surface area contributed by atoms with Gasteiger partial charge in [-0.1, -0.05) is 34.1 Å². The molecule has 0 aliphatic carbocycles. The number of halogens is 1. The molecule has 12 heavy (non-hydrogen) atoms. The second kappa shape index (κ2) is 4.03. The predicted molar refractivity (Wildman–Crippen MR) is 48.6 cm³/mol. The van der Waals surface area contributed by atoms with Crippen LogP contribution in [0.3, 0.4) is 0 Å². The van der Waals surface area contributed by atoms with Gasteiger partial charge in [0.25, 0.3) is 0 Å². The zero-order valence-electron chi connectivity index (χ0n) is 6.20. The number of hydrogen-bond acceptors (Lipinski definition) is 2. The van der Waals surface area contributed by atoms with Gasteiger partial charge in [0.2, 0.25) is 0 Å². The number of carbonyl (C=O) groups excluding carboxylic acids is 1. The van der Waals surface area contributed by atoms with Gasteiger partial charge in [-0.2, -0.15) is 5.26 Å². The van der Waals surface area contributed by atoms with Crippen LogP contribution in [-0.2, 0) is 4.79 Å². The zero-order chi connectivity index (χ0) is 8.97.